The Labute approximate surface area is 94.9 Å². The van der Waals surface area contributed by atoms with Gasteiger partial charge in [0.25, 0.3) is 0 Å². The van der Waals surface area contributed by atoms with E-state index < -0.39 is 0 Å². The van der Waals surface area contributed by atoms with E-state index in [9.17, 15) is 5.11 Å². The van der Waals surface area contributed by atoms with Crippen LogP contribution >= 0.6 is 22.6 Å². The fourth-order valence-electron chi connectivity index (χ4n) is 0.930. The first-order chi connectivity index (χ1) is 6.24. The van der Waals surface area contributed by atoms with Gasteiger partial charge in [0.2, 0.25) is 0 Å². The summed E-state index contributed by atoms with van der Waals surface area (Å²) < 4.78 is 6.51. The Kier molecular flexibility index (Phi) is 4.58. The minimum atomic E-state index is 0.230. The van der Waals surface area contributed by atoms with Gasteiger partial charge in [-0.25, -0.2) is 0 Å². The first-order valence-corrected chi connectivity index (χ1v) is 6.84. The lowest BCUT2D eigenvalue weighted by molar-refractivity contribution is 0.299. The Morgan fingerprint density at radius 1 is 1.46 bits per heavy atom. The van der Waals surface area contributed by atoms with Crippen LogP contribution in [0.15, 0.2) is 18.2 Å². The molecule has 1 rings (SSSR count). The number of aromatic hydroxyl groups is 1. The van der Waals surface area contributed by atoms with Gasteiger partial charge in [-0.1, -0.05) is 6.04 Å². The molecule has 0 aliphatic carbocycles. The largest absolute Gasteiger partial charge is 0.504 e. The number of hydrogen-bond donors (Lipinski definition) is 1. The van der Waals surface area contributed by atoms with Crippen LogP contribution in [0.2, 0.25) is 6.04 Å². The molecule has 0 heterocycles. The summed E-state index contributed by atoms with van der Waals surface area (Å²) in [5, 5.41) is 9.41. The van der Waals surface area contributed by atoms with E-state index in [1.165, 1.54) is 16.3 Å². The van der Waals surface area contributed by atoms with Crippen molar-refractivity contribution in [3.05, 3.63) is 21.8 Å². The van der Waals surface area contributed by atoms with Crippen LogP contribution in [-0.2, 0) is 0 Å². The molecule has 0 radical (unpaired) electrons. The number of rotatable bonds is 4. The monoisotopic (exact) mass is 308 g/mol. The Bertz CT molecular complexity index is 278. The highest BCUT2D eigenvalue weighted by Gasteiger charge is 2.01. The van der Waals surface area contributed by atoms with Crippen molar-refractivity contribution in [3.8, 4) is 11.5 Å². The van der Waals surface area contributed by atoms with Gasteiger partial charge in [0, 0.05) is 13.8 Å². The average molecular weight is 308 g/mol. The van der Waals surface area contributed by atoms with E-state index in [-0.39, 0.29) is 5.75 Å². The van der Waals surface area contributed by atoms with Crippen LogP contribution in [0.5, 0.6) is 11.5 Å². The first-order valence-electron chi connectivity index (χ1n) is 4.35. The third kappa shape index (κ3) is 3.56. The molecule has 0 aliphatic rings. The average Bonchev–Trinajstić information content (AvgIpc) is 2.11. The summed E-state index contributed by atoms with van der Waals surface area (Å²) in [6.45, 7) is 0.706. The molecule has 72 valence electrons. The lowest BCUT2D eigenvalue weighted by Crippen LogP contribution is -1.97. The van der Waals surface area contributed by atoms with Gasteiger partial charge in [-0.3, -0.25) is 0 Å². The van der Waals surface area contributed by atoms with Crippen molar-refractivity contribution >= 4 is 32.8 Å². The molecule has 13 heavy (non-hydrogen) atoms. The lowest BCUT2D eigenvalue weighted by atomic mass is 10.3. The van der Waals surface area contributed by atoms with Crippen LogP contribution in [-0.4, -0.2) is 22.0 Å². The van der Waals surface area contributed by atoms with E-state index in [4.69, 9.17) is 4.74 Å². The van der Waals surface area contributed by atoms with Gasteiger partial charge in [0.15, 0.2) is 11.5 Å². The summed E-state index contributed by atoms with van der Waals surface area (Å²) >= 11 is 2.20. The van der Waals surface area contributed by atoms with Crippen LogP contribution in [0, 0.1) is 3.57 Å². The molecular weight excluding hydrogens is 295 g/mol. The molecule has 0 aromatic heterocycles. The van der Waals surface area contributed by atoms with Gasteiger partial charge >= 0.3 is 0 Å². The molecule has 0 saturated carbocycles. The predicted molar refractivity (Wildman–Crippen MR) is 65.7 cm³/mol. The third-order valence-electron chi connectivity index (χ3n) is 1.68. The van der Waals surface area contributed by atoms with Gasteiger partial charge in [-0.05, 0) is 47.2 Å². The van der Waals surface area contributed by atoms with E-state index in [1.807, 2.05) is 12.1 Å². The summed E-state index contributed by atoms with van der Waals surface area (Å²) in [6.07, 6.45) is 1.08. The van der Waals surface area contributed by atoms with E-state index >= 15 is 0 Å². The Hall–Kier alpha value is -0.233. The summed E-state index contributed by atoms with van der Waals surface area (Å²) in [6, 6.07) is 6.61. The van der Waals surface area contributed by atoms with Gasteiger partial charge in [-0.15, -0.1) is 0 Å². The third-order valence-corrected chi connectivity index (χ3v) is 3.06. The predicted octanol–water partition coefficient (Wildman–Crippen LogP) is 1.55. The fraction of sp³-hybridized carbons (Fsp3) is 0.333. The van der Waals surface area contributed by atoms with E-state index in [2.05, 4.69) is 22.6 Å². The van der Waals surface area contributed by atoms with Crippen molar-refractivity contribution in [3.63, 3.8) is 0 Å². The highest BCUT2D eigenvalue weighted by molar-refractivity contribution is 14.1. The molecule has 0 amide bonds. The number of ether oxygens (including phenoxy) is 1. The molecule has 1 aromatic carbocycles. The van der Waals surface area contributed by atoms with Crippen molar-refractivity contribution in [1.82, 2.24) is 0 Å². The van der Waals surface area contributed by atoms with Gasteiger partial charge in [0.1, 0.15) is 0 Å². The first kappa shape index (κ1) is 10.8. The van der Waals surface area contributed by atoms with Crippen LogP contribution in [0.1, 0.15) is 6.42 Å². The molecule has 0 fully saturated rings. The molecule has 2 nitrogen and oxygen atoms in total. The second-order valence-corrected chi connectivity index (χ2v) is 5.06. The van der Waals surface area contributed by atoms with Gasteiger partial charge < -0.3 is 9.84 Å². The molecule has 0 spiro atoms. The van der Waals surface area contributed by atoms with Gasteiger partial charge in [0.05, 0.1) is 6.61 Å². The van der Waals surface area contributed by atoms with Crippen LogP contribution in [0.3, 0.4) is 0 Å². The second-order valence-electron chi connectivity index (χ2n) is 2.81. The number of halogens is 1. The van der Waals surface area contributed by atoms with Crippen molar-refractivity contribution in [2.75, 3.05) is 6.61 Å². The number of phenolic OH excluding ortho intramolecular Hbond substituents is 1. The molecule has 0 bridgehead atoms. The minimum absolute atomic E-state index is 0.230. The molecule has 1 N–H and O–H groups in total. The maximum absolute atomic E-state index is 9.41. The summed E-state index contributed by atoms with van der Waals surface area (Å²) in [5.74, 6) is 0.829. The SMILES string of the molecule is Oc1ccc(I)cc1OCCC[SiH3]. The quantitative estimate of drug-likeness (QED) is 0.519. The van der Waals surface area contributed by atoms with Crippen molar-refractivity contribution in [2.24, 2.45) is 0 Å². The summed E-state index contributed by atoms with van der Waals surface area (Å²) in [4.78, 5) is 0. The van der Waals surface area contributed by atoms with Crippen LogP contribution < -0.4 is 4.74 Å². The number of hydrogen-bond acceptors (Lipinski definition) is 2. The standard InChI is InChI=1S/C9H13IO2Si/c10-7-2-3-8(11)9(6-7)12-4-1-5-13/h2-3,6,11H,1,4-5H2,13H3. The molecule has 0 atom stereocenters. The smallest absolute Gasteiger partial charge is 0.161 e. The van der Waals surface area contributed by atoms with Crippen LogP contribution in [0.25, 0.3) is 0 Å². The highest BCUT2D eigenvalue weighted by atomic mass is 127. The zero-order valence-electron chi connectivity index (χ0n) is 7.59. The Morgan fingerprint density at radius 3 is 2.92 bits per heavy atom. The lowest BCUT2D eigenvalue weighted by Gasteiger charge is -2.07. The molecule has 4 heteroatoms. The summed E-state index contributed by atoms with van der Waals surface area (Å²) in [7, 11) is 1.22. The van der Waals surface area contributed by atoms with E-state index in [1.54, 1.807) is 6.07 Å². The van der Waals surface area contributed by atoms with E-state index in [0.29, 0.717) is 12.4 Å². The molecule has 0 saturated heterocycles. The van der Waals surface area contributed by atoms with Crippen molar-refractivity contribution in [2.45, 2.75) is 12.5 Å². The molecular formula is C9H13IO2Si. The topological polar surface area (TPSA) is 29.5 Å². The number of benzene rings is 1. The normalized spacial score (nSPS) is 10.2. The maximum Gasteiger partial charge on any atom is 0.161 e. The van der Waals surface area contributed by atoms with Crippen molar-refractivity contribution < 1.29 is 9.84 Å². The van der Waals surface area contributed by atoms with Crippen molar-refractivity contribution in [1.29, 1.82) is 0 Å². The maximum atomic E-state index is 9.41. The Balaban J connectivity index is 2.59. The zero-order valence-corrected chi connectivity index (χ0v) is 11.7. The molecule has 1 aromatic rings. The molecule has 0 aliphatic heterocycles. The summed E-state index contributed by atoms with van der Waals surface area (Å²) in [5.41, 5.74) is 0. The zero-order chi connectivity index (χ0) is 9.68. The minimum Gasteiger partial charge on any atom is -0.504 e. The Morgan fingerprint density at radius 2 is 2.23 bits per heavy atom. The second kappa shape index (κ2) is 5.49. The highest BCUT2D eigenvalue weighted by Crippen LogP contribution is 2.27. The van der Waals surface area contributed by atoms with Crippen LogP contribution in [0.4, 0.5) is 0 Å². The fourth-order valence-corrected chi connectivity index (χ4v) is 1.68. The van der Waals surface area contributed by atoms with Gasteiger partial charge in [-0.2, -0.15) is 0 Å². The molecule has 0 unspecified atom stereocenters. The van der Waals surface area contributed by atoms with E-state index in [0.717, 1.165) is 9.99 Å². The number of phenols is 1.